The monoisotopic (exact) mass is 237 g/mol. The van der Waals surface area contributed by atoms with Crippen molar-refractivity contribution in [2.75, 3.05) is 0 Å². The van der Waals surface area contributed by atoms with Gasteiger partial charge in [-0.15, -0.1) is 0 Å². The molecule has 0 aliphatic heterocycles. The summed E-state index contributed by atoms with van der Waals surface area (Å²) in [5, 5.41) is 8.85. The van der Waals surface area contributed by atoms with Crippen LogP contribution in [0.3, 0.4) is 0 Å². The molecule has 0 saturated heterocycles. The van der Waals surface area contributed by atoms with Gasteiger partial charge in [-0.05, 0) is 26.7 Å². The van der Waals surface area contributed by atoms with Gasteiger partial charge in [-0.2, -0.15) is 0 Å². The first-order valence-electron chi connectivity index (χ1n) is 4.73. The third-order valence-corrected chi connectivity index (χ3v) is 4.20. The minimum Gasteiger partial charge on any atom is -0.480 e. The molecule has 0 fully saturated rings. The highest BCUT2D eigenvalue weighted by molar-refractivity contribution is 7.90. The summed E-state index contributed by atoms with van der Waals surface area (Å²) in [5.41, 5.74) is 0. The van der Waals surface area contributed by atoms with Crippen molar-refractivity contribution in [3.63, 3.8) is 0 Å². The maximum absolute atomic E-state index is 11.7. The van der Waals surface area contributed by atoms with Crippen LogP contribution in [0.4, 0.5) is 0 Å². The molecule has 0 aliphatic rings. The van der Waals surface area contributed by atoms with Gasteiger partial charge < -0.3 is 5.11 Å². The Kier molecular flexibility index (Phi) is 4.30. The average Bonchev–Trinajstić information content (AvgIpc) is 1.96. The molecule has 0 heterocycles. The Labute approximate surface area is 90.9 Å². The number of hydrogen-bond acceptors (Lipinski definition) is 3. The molecule has 5 nitrogen and oxygen atoms in total. The average molecular weight is 237 g/mol. The van der Waals surface area contributed by atoms with Gasteiger partial charge >= 0.3 is 5.97 Å². The molecule has 0 amide bonds. The minimum absolute atomic E-state index is 0.292. The topological polar surface area (TPSA) is 83.5 Å². The molecular weight excluding hydrogens is 218 g/mol. The summed E-state index contributed by atoms with van der Waals surface area (Å²) in [7, 11) is -3.62. The van der Waals surface area contributed by atoms with Crippen molar-refractivity contribution in [3.05, 3.63) is 0 Å². The van der Waals surface area contributed by atoms with E-state index in [2.05, 4.69) is 4.72 Å². The van der Waals surface area contributed by atoms with Gasteiger partial charge in [0.15, 0.2) is 0 Å². The van der Waals surface area contributed by atoms with Crippen molar-refractivity contribution < 1.29 is 18.3 Å². The van der Waals surface area contributed by atoms with Gasteiger partial charge in [0.2, 0.25) is 10.0 Å². The van der Waals surface area contributed by atoms with Crippen LogP contribution >= 0.6 is 0 Å². The first-order valence-corrected chi connectivity index (χ1v) is 6.22. The summed E-state index contributed by atoms with van der Waals surface area (Å²) in [4.78, 5) is 10.8. The second-order valence-electron chi connectivity index (χ2n) is 4.79. The molecule has 6 heteroatoms. The number of nitrogens with one attached hydrogen (secondary N) is 1. The van der Waals surface area contributed by atoms with Gasteiger partial charge in [0.1, 0.15) is 6.04 Å². The highest BCUT2D eigenvalue weighted by Crippen LogP contribution is 2.15. The molecule has 0 aromatic carbocycles. The van der Waals surface area contributed by atoms with Crippen LogP contribution in [0.5, 0.6) is 0 Å². The lowest BCUT2D eigenvalue weighted by Crippen LogP contribution is -2.50. The van der Waals surface area contributed by atoms with Gasteiger partial charge in [0.05, 0.1) is 4.75 Å². The summed E-state index contributed by atoms with van der Waals surface area (Å²) < 4.78 is 24.6. The number of carbonyl (C=O) groups is 1. The van der Waals surface area contributed by atoms with Crippen LogP contribution in [0.15, 0.2) is 0 Å². The van der Waals surface area contributed by atoms with Crippen molar-refractivity contribution >= 4 is 16.0 Å². The van der Waals surface area contributed by atoms with E-state index in [4.69, 9.17) is 5.11 Å². The Morgan fingerprint density at radius 2 is 1.67 bits per heavy atom. The molecule has 0 aliphatic carbocycles. The molecule has 0 rings (SSSR count). The van der Waals surface area contributed by atoms with E-state index >= 15 is 0 Å². The van der Waals surface area contributed by atoms with Gasteiger partial charge in [0, 0.05) is 0 Å². The zero-order chi connectivity index (χ0) is 12.4. The summed E-state index contributed by atoms with van der Waals surface area (Å²) >= 11 is 0. The van der Waals surface area contributed by atoms with Crippen LogP contribution in [0.1, 0.15) is 34.6 Å². The molecule has 0 radical (unpaired) electrons. The lowest BCUT2D eigenvalue weighted by Gasteiger charge is -2.24. The molecule has 90 valence electrons. The summed E-state index contributed by atoms with van der Waals surface area (Å²) in [6.45, 7) is 7.88. The van der Waals surface area contributed by atoms with Crippen LogP contribution in [-0.2, 0) is 14.8 Å². The number of rotatable bonds is 4. The Morgan fingerprint density at radius 3 is 1.87 bits per heavy atom. The molecule has 0 aromatic heterocycles. The molecule has 0 saturated carbocycles. The van der Waals surface area contributed by atoms with Crippen molar-refractivity contribution in [3.8, 4) is 0 Å². The normalized spacial score (nSPS) is 15.3. The van der Waals surface area contributed by atoms with Gasteiger partial charge in [-0.25, -0.2) is 13.1 Å². The van der Waals surface area contributed by atoms with E-state index in [1.165, 1.54) is 20.8 Å². The van der Waals surface area contributed by atoms with Gasteiger partial charge in [0.25, 0.3) is 0 Å². The largest absolute Gasteiger partial charge is 0.480 e. The van der Waals surface area contributed by atoms with E-state index in [0.717, 1.165) is 0 Å². The molecular formula is C9H19NO4S. The van der Waals surface area contributed by atoms with Gasteiger partial charge in [-0.1, -0.05) is 13.8 Å². The standard InChI is InChI=1S/C9H19NO4S/c1-6(2)7(8(11)12)10-15(13,14)9(3,4)5/h6-7,10H,1-5H3,(H,11,12). The van der Waals surface area contributed by atoms with Crippen molar-refractivity contribution in [2.45, 2.75) is 45.4 Å². The second-order valence-corrected chi connectivity index (χ2v) is 7.26. The van der Waals surface area contributed by atoms with Crippen molar-refractivity contribution in [2.24, 2.45) is 5.92 Å². The fourth-order valence-electron chi connectivity index (χ4n) is 0.816. The lowest BCUT2D eigenvalue weighted by atomic mass is 10.1. The van der Waals surface area contributed by atoms with Crippen LogP contribution in [-0.4, -0.2) is 30.3 Å². The van der Waals surface area contributed by atoms with E-state index in [1.54, 1.807) is 13.8 Å². The molecule has 0 spiro atoms. The Balaban J connectivity index is 4.93. The zero-order valence-electron chi connectivity index (χ0n) is 9.73. The highest BCUT2D eigenvalue weighted by atomic mass is 32.2. The molecule has 1 unspecified atom stereocenters. The number of hydrogen-bond donors (Lipinski definition) is 2. The lowest BCUT2D eigenvalue weighted by molar-refractivity contribution is -0.140. The van der Waals surface area contributed by atoms with Gasteiger partial charge in [-0.3, -0.25) is 4.79 Å². The Hall–Kier alpha value is -0.620. The van der Waals surface area contributed by atoms with Crippen LogP contribution in [0, 0.1) is 5.92 Å². The summed E-state index contributed by atoms with van der Waals surface area (Å²) in [6, 6.07) is -1.07. The molecule has 15 heavy (non-hydrogen) atoms. The molecule has 1 atom stereocenters. The number of aliphatic carboxylic acids is 1. The Bertz CT molecular complexity index is 327. The van der Waals surface area contributed by atoms with Crippen LogP contribution in [0.25, 0.3) is 0 Å². The third-order valence-electron chi connectivity index (χ3n) is 2.02. The fraction of sp³-hybridized carbons (Fsp3) is 0.889. The molecule has 0 bridgehead atoms. The quantitative estimate of drug-likeness (QED) is 0.758. The maximum Gasteiger partial charge on any atom is 0.321 e. The first-order chi connectivity index (χ1) is 6.49. The number of carboxylic acid groups (broad SMARTS) is 1. The van der Waals surface area contributed by atoms with E-state index in [1.807, 2.05) is 0 Å². The highest BCUT2D eigenvalue weighted by Gasteiger charge is 2.34. The molecule has 2 N–H and O–H groups in total. The minimum atomic E-state index is -3.62. The predicted molar refractivity (Wildman–Crippen MR) is 58.1 cm³/mol. The fourth-order valence-corrected chi connectivity index (χ4v) is 1.88. The van der Waals surface area contributed by atoms with E-state index in [0.29, 0.717) is 0 Å². The predicted octanol–water partition coefficient (Wildman–Crippen LogP) is 0.813. The third kappa shape index (κ3) is 3.79. The van der Waals surface area contributed by atoms with Crippen LogP contribution in [0.2, 0.25) is 0 Å². The maximum atomic E-state index is 11.7. The first kappa shape index (κ1) is 14.4. The van der Waals surface area contributed by atoms with Crippen LogP contribution < -0.4 is 4.72 Å². The Morgan fingerprint density at radius 1 is 1.27 bits per heavy atom. The second kappa shape index (κ2) is 4.49. The summed E-state index contributed by atoms with van der Waals surface area (Å²) in [6.07, 6.45) is 0. The van der Waals surface area contributed by atoms with E-state index in [-0.39, 0.29) is 5.92 Å². The smallest absolute Gasteiger partial charge is 0.321 e. The van der Waals surface area contributed by atoms with Crippen molar-refractivity contribution in [1.82, 2.24) is 4.72 Å². The van der Waals surface area contributed by atoms with E-state index < -0.39 is 26.8 Å². The van der Waals surface area contributed by atoms with E-state index in [9.17, 15) is 13.2 Å². The van der Waals surface area contributed by atoms with Crippen molar-refractivity contribution in [1.29, 1.82) is 0 Å². The zero-order valence-corrected chi connectivity index (χ0v) is 10.6. The SMILES string of the molecule is CC(C)C(NS(=O)(=O)C(C)(C)C)C(=O)O. The summed E-state index contributed by atoms with van der Waals surface area (Å²) in [5.74, 6) is -1.45. The molecule has 0 aromatic rings. The number of carboxylic acids is 1. The number of sulfonamides is 1.